The third-order valence-corrected chi connectivity index (χ3v) is 4.98. The second-order valence-corrected chi connectivity index (χ2v) is 7.02. The maximum Gasteiger partial charge on any atom is 0.232 e. The zero-order chi connectivity index (χ0) is 19.3. The summed E-state index contributed by atoms with van der Waals surface area (Å²) in [5.74, 6) is 0.883. The minimum atomic E-state index is 0.151. The van der Waals surface area contributed by atoms with E-state index in [-0.39, 0.29) is 18.0 Å². The van der Waals surface area contributed by atoms with E-state index < -0.39 is 0 Å². The molecule has 0 spiro atoms. The molecular formula is C21H31N3O2. The van der Waals surface area contributed by atoms with Gasteiger partial charge >= 0.3 is 0 Å². The first-order valence-electron chi connectivity index (χ1n) is 9.46. The number of carbonyl (C=O) groups is 1. The predicted octanol–water partition coefficient (Wildman–Crippen LogP) is 4.72. The molecule has 0 aliphatic rings. The highest BCUT2D eigenvalue weighted by molar-refractivity contribution is 5.77. The lowest BCUT2D eigenvalue weighted by atomic mass is 10.1. The smallest absolute Gasteiger partial charge is 0.232 e. The van der Waals surface area contributed by atoms with Gasteiger partial charge in [0.1, 0.15) is 5.69 Å². The fourth-order valence-electron chi connectivity index (χ4n) is 2.86. The number of hydrogen-bond acceptors (Lipinski definition) is 4. The van der Waals surface area contributed by atoms with Crippen molar-refractivity contribution in [1.29, 1.82) is 0 Å². The first-order chi connectivity index (χ1) is 12.4. The Morgan fingerprint density at radius 1 is 1.15 bits per heavy atom. The molecule has 0 aliphatic heterocycles. The number of amides is 1. The van der Waals surface area contributed by atoms with Gasteiger partial charge in [0.25, 0.3) is 0 Å². The van der Waals surface area contributed by atoms with Gasteiger partial charge in [0.2, 0.25) is 11.8 Å². The number of aromatic nitrogens is 1. The van der Waals surface area contributed by atoms with Crippen molar-refractivity contribution in [1.82, 2.24) is 10.1 Å². The maximum atomic E-state index is 12.6. The minimum absolute atomic E-state index is 0.151. The van der Waals surface area contributed by atoms with Crippen LogP contribution in [0.3, 0.4) is 0 Å². The van der Waals surface area contributed by atoms with Gasteiger partial charge in [0, 0.05) is 31.1 Å². The molecule has 1 heterocycles. The molecule has 0 bridgehead atoms. The van der Waals surface area contributed by atoms with Gasteiger partial charge in [0.05, 0.1) is 12.1 Å². The molecule has 0 radical (unpaired) electrons. The van der Waals surface area contributed by atoms with Crippen LogP contribution in [0.1, 0.15) is 53.0 Å². The Morgan fingerprint density at radius 3 is 2.35 bits per heavy atom. The van der Waals surface area contributed by atoms with Gasteiger partial charge in [-0.3, -0.25) is 4.79 Å². The number of carbonyl (C=O) groups excluding carboxylic acids is 1. The van der Waals surface area contributed by atoms with Crippen molar-refractivity contribution in [2.75, 3.05) is 11.9 Å². The molecule has 0 saturated heterocycles. The third kappa shape index (κ3) is 4.26. The summed E-state index contributed by atoms with van der Waals surface area (Å²) in [6.45, 7) is 10.8. The molecule has 0 fully saturated rings. The van der Waals surface area contributed by atoms with E-state index in [4.69, 9.17) is 4.52 Å². The van der Waals surface area contributed by atoms with E-state index in [0.717, 1.165) is 29.1 Å². The van der Waals surface area contributed by atoms with E-state index in [9.17, 15) is 4.79 Å². The average Bonchev–Trinajstić information content (AvgIpc) is 3.08. The van der Waals surface area contributed by atoms with E-state index in [1.54, 1.807) is 0 Å². The molecule has 142 valence electrons. The molecule has 26 heavy (non-hydrogen) atoms. The fourth-order valence-corrected chi connectivity index (χ4v) is 2.86. The SMILES string of the molecule is CCC(=O)N(Cc1c(-c2ccccc2)noc1N(C)C(C)C)C(C)CC. The fraction of sp³-hybridized carbons (Fsp3) is 0.524. The summed E-state index contributed by atoms with van der Waals surface area (Å²) < 4.78 is 5.74. The molecule has 2 aromatic rings. The van der Waals surface area contributed by atoms with Crippen LogP contribution in [0.15, 0.2) is 34.9 Å². The topological polar surface area (TPSA) is 49.6 Å². The van der Waals surface area contributed by atoms with Crippen molar-refractivity contribution in [3.05, 3.63) is 35.9 Å². The monoisotopic (exact) mass is 357 g/mol. The van der Waals surface area contributed by atoms with E-state index in [0.29, 0.717) is 13.0 Å². The number of rotatable bonds is 8. The molecule has 0 saturated carbocycles. The summed E-state index contributed by atoms with van der Waals surface area (Å²) in [6.07, 6.45) is 1.40. The summed E-state index contributed by atoms with van der Waals surface area (Å²) in [7, 11) is 2.00. The summed E-state index contributed by atoms with van der Waals surface area (Å²) in [6, 6.07) is 10.4. The van der Waals surface area contributed by atoms with Gasteiger partial charge in [-0.05, 0) is 27.2 Å². The molecule has 1 amide bonds. The highest BCUT2D eigenvalue weighted by Gasteiger charge is 2.27. The van der Waals surface area contributed by atoms with Crippen LogP contribution in [0, 0.1) is 0 Å². The quantitative estimate of drug-likeness (QED) is 0.686. The Balaban J connectivity index is 2.52. The Morgan fingerprint density at radius 2 is 1.81 bits per heavy atom. The molecule has 5 heteroatoms. The number of benzene rings is 1. The van der Waals surface area contributed by atoms with Crippen LogP contribution >= 0.6 is 0 Å². The normalized spacial score (nSPS) is 12.3. The van der Waals surface area contributed by atoms with Gasteiger partial charge in [-0.15, -0.1) is 0 Å². The average molecular weight is 357 g/mol. The van der Waals surface area contributed by atoms with Gasteiger partial charge < -0.3 is 14.3 Å². The zero-order valence-corrected chi connectivity index (χ0v) is 16.8. The van der Waals surface area contributed by atoms with Crippen LogP contribution in [0.5, 0.6) is 0 Å². The Hall–Kier alpha value is -2.30. The van der Waals surface area contributed by atoms with E-state index in [1.165, 1.54) is 0 Å². The second kappa shape index (κ2) is 8.88. The van der Waals surface area contributed by atoms with E-state index in [2.05, 4.69) is 37.8 Å². The van der Waals surface area contributed by atoms with Crippen molar-refractivity contribution in [3.63, 3.8) is 0 Å². The largest absolute Gasteiger partial charge is 0.341 e. The van der Waals surface area contributed by atoms with E-state index in [1.807, 2.05) is 49.2 Å². The lowest BCUT2D eigenvalue weighted by Gasteiger charge is -2.30. The van der Waals surface area contributed by atoms with Crippen LogP contribution in [0.2, 0.25) is 0 Å². The molecule has 1 aromatic carbocycles. The highest BCUT2D eigenvalue weighted by atomic mass is 16.5. The molecule has 0 aliphatic carbocycles. The standard InChI is InChI=1S/C21H31N3O2/c1-7-16(5)24(19(25)8-2)14-18-20(17-12-10-9-11-13-17)22-26-21(18)23(6)15(3)4/h9-13,15-16H,7-8,14H2,1-6H3. The number of nitrogens with zero attached hydrogens (tertiary/aromatic N) is 3. The van der Waals surface area contributed by atoms with Crippen LogP contribution in [-0.2, 0) is 11.3 Å². The molecule has 2 rings (SSSR count). The molecule has 1 atom stereocenters. The van der Waals surface area contributed by atoms with Crippen LogP contribution in [0.4, 0.5) is 5.88 Å². The van der Waals surface area contributed by atoms with Crippen molar-refractivity contribution < 1.29 is 9.32 Å². The van der Waals surface area contributed by atoms with Crippen LogP contribution in [-0.4, -0.2) is 35.1 Å². The van der Waals surface area contributed by atoms with Crippen LogP contribution in [0.25, 0.3) is 11.3 Å². The van der Waals surface area contributed by atoms with Gasteiger partial charge in [0.15, 0.2) is 0 Å². The number of anilines is 1. The lowest BCUT2D eigenvalue weighted by Crippen LogP contribution is -2.38. The Labute approximate surface area is 157 Å². The highest BCUT2D eigenvalue weighted by Crippen LogP contribution is 2.33. The van der Waals surface area contributed by atoms with Crippen molar-refractivity contribution in [3.8, 4) is 11.3 Å². The summed E-state index contributed by atoms with van der Waals surface area (Å²) in [4.78, 5) is 16.6. The molecule has 1 aromatic heterocycles. The molecular weight excluding hydrogens is 326 g/mol. The third-order valence-electron chi connectivity index (χ3n) is 4.98. The maximum absolute atomic E-state index is 12.6. The zero-order valence-electron chi connectivity index (χ0n) is 16.8. The van der Waals surface area contributed by atoms with Crippen molar-refractivity contribution in [2.24, 2.45) is 0 Å². The van der Waals surface area contributed by atoms with Crippen LogP contribution < -0.4 is 4.90 Å². The molecule has 5 nitrogen and oxygen atoms in total. The Bertz CT molecular complexity index is 709. The van der Waals surface area contributed by atoms with E-state index >= 15 is 0 Å². The summed E-state index contributed by atoms with van der Waals surface area (Å²) in [5, 5.41) is 4.36. The van der Waals surface area contributed by atoms with Crippen molar-refractivity contribution in [2.45, 2.75) is 66.1 Å². The Kier molecular flexibility index (Phi) is 6.83. The van der Waals surface area contributed by atoms with Gasteiger partial charge in [-0.25, -0.2) is 0 Å². The molecule has 1 unspecified atom stereocenters. The summed E-state index contributed by atoms with van der Waals surface area (Å²) in [5.41, 5.74) is 2.78. The van der Waals surface area contributed by atoms with Crippen molar-refractivity contribution >= 4 is 11.8 Å². The second-order valence-electron chi connectivity index (χ2n) is 7.02. The summed E-state index contributed by atoms with van der Waals surface area (Å²) >= 11 is 0. The first kappa shape index (κ1) is 20.0. The minimum Gasteiger partial charge on any atom is -0.341 e. The molecule has 0 N–H and O–H groups in total. The number of hydrogen-bond donors (Lipinski definition) is 0. The first-order valence-corrected chi connectivity index (χ1v) is 9.46. The van der Waals surface area contributed by atoms with Gasteiger partial charge in [-0.2, -0.15) is 0 Å². The van der Waals surface area contributed by atoms with Gasteiger partial charge in [-0.1, -0.05) is 49.3 Å². The predicted molar refractivity (Wildman–Crippen MR) is 106 cm³/mol. The lowest BCUT2D eigenvalue weighted by molar-refractivity contribution is -0.133.